The molecular weight excluding hydrogens is 293 g/mol. The van der Waals surface area contributed by atoms with E-state index in [4.69, 9.17) is 10.1 Å². The summed E-state index contributed by atoms with van der Waals surface area (Å²) in [5.41, 5.74) is 0.915. The molecule has 1 unspecified atom stereocenters. The second kappa shape index (κ2) is 11.0. The Balaban J connectivity index is 2.72. The van der Waals surface area contributed by atoms with Crippen molar-refractivity contribution < 1.29 is 9.50 Å². The Kier molecular flexibility index (Phi) is 9.29. The molecule has 0 saturated carbocycles. The maximum Gasteiger partial charge on any atom is 0.193 e. The van der Waals surface area contributed by atoms with E-state index in [0.29, 0.717) is 19.0 Å². The van der Waals surface area contributed by atoms with Gasteiger partial charge in [0.25, 0.3) is 0 Å². The molecule has 1 aromatic rings. The standard InChI is InChI=1S/C18H30FN3O/c1-4-7-15(10-11-23)13-21-18(20-5-2)22(3)14-16-8-6-9-17(19)12-16/h6,8-9,12,15,23H,4-5,7,10-11,13-14H2,1-3H3,(H,20,21). The van der Waals surface area contributed by atoms with Crippen molar-refractivity contribution in [2.45, 2.75) is 39.7 Å². The first-order valence-corrected chi connectivity index (χ1v) is 8.45. The zero-order chi connectivity index (χ0) is 17.1. The Morgan fingerprint density at radius 2 is 2.13 bits per heavy atom. The molecule has 0 spiro atoms. The summed E-state index contributed by atoms with van der Waals surface area (Å²) in [7, 11) is 1.95. The number of rotatable bonds is 9. The van der Waals surface area contributed by atoms with E-state index in [1.54, 1.807) is 12.1 Å². The molecule has 0 aromatic heterocycles. The molecule has 0 fully saturated rings. The van der Waals surface area contributed by atoms with Crippen molar-refractivity contribution in [2.75, 3.05) is 26.7 Å². The minimum Gasteiger partial charge on any atom is -0.396 e. The lowest BCUT2D eigenvalue weighted by Gasteiger charge is -2.23. The summed E-state index contributed by atoms with van der Waals surface area (Å²) >= 11 is 0. The molecule has 2 N–H and O–H groups in total. The van der Waals surface area contributed by atoms with E-state index in [9.17, 15) is 4.39 Å². The quantitative estimate of drug-likeness (QED) is 0.542. The fourth-order valence-electron chi connectivity index (χ4n) is 2.59. The van der Waals surface area contributed by atoms with Crippen LogP contribution < -0.4 is 5.32 Å². The van der Waals surface area contributed by atoms with Crippen LogP contribution >= 0.6 is 0 Å². The summed E-state index contributed by atoms with van der Waals surface area (Å²) < 4.78 is 13.3. The van der Waals surface area contributed by atoms with Gasteiger partial charge in [-0.1, -0.05) is 25.5 Å². The maximum absolute atomic E-state index is 13.3. The van der Waals surface area contributed by atoms with Crippen molar-refractivity contribution in [2.24, 2.45) is 10.9 Å². The third-order valence-corrected chi connectivity index (χ3v) is 3.74. The monoisotopic (exact) mass is 323 g/mol. The highest BCUT2D eigenvalue weighted by atomic mass is 19.1. The molecule has 0 saturated heterocycles. The summed E-state index contributed by atoms with van der Waals surface area (Å²) in [5.74, 6) is 1.00. The number of benzene rings is 1. The molecule has 1 atom stereocenters. The van der Waals surface area contributed by atoms with Gasteiger partial charge in [-0.25, -0.2) is 4.39 Å². The third-order valence-electron chi connectivity index (χ3n) is 3.74. The van der Waals surface area contributed by atoms with Gasteiger partial charge in [-0.15, -0.1) is 0 Å². The second-order valence-corrected chi connectivity index (χ2v) is 5.85. The number of nitrogens with zero attached hydrogens (tertiary/aromatic N) is 2. The number of aliphatic hydroxyl groups excluding tert-OH is 1. The molecule has 130 valence electrons. The van der Waals surface area contributed by atoms with E-state index in [-0.39, 0.29) is 12.4 Å². The van der Waals surface area contributed by atoms with Crippen molar-refractivity contribution in [3.05, 3.63) is 35.6 Å². The molecule has 0 bridgehead atoms. The van der Waals surface area contributed by atoms with Crippen LogP contribution in [0.5, 0.6) is 0 Å². The van der Waals surface area contributed by atoms with Crippen LogP contribution in [0.15, 0.2) is 29.3 Å². The fourth-order valence-corrected chi connectivity index (χ4v) is 2.59. The van der Waals surface area contributed by atoms with Gasteiger partial charge in [-0.2, -0.15) is 0 Å². The lowest BCUT2D eigenvalue weighted by atomic mass is 10.0. The van der Waals surface area contributed by atoms with E-state index in [1.807, 2.05) is 24.9 Å². The number of guanidine groups is 1. The largest absolute Gasteiger partial charge is 0.396 e. The zero-order valence-electron chi connectivity index (χ0n) is 14.6. The Bertz CT molecular complexity index is 473. The van der Waals surface area contributed by atoms with Crippen LogP contribution in [0.1, 0.15) is 38.7 Å². The van der Waals surface area contributed by atoms with E-state index < -0.39 is 0 Å². The summed E-state index contributed by atoms with van der Waals surface area (Å²) in [6, 6.07) is 6.63. The number of aliphatic imine (C=N–C) groups is 1. The number of aliphatic hydroxyl groups is 1. The molecule has 0 aliphatic heterocycles. The molecule has 23 heavy (non-hydrogen) atoms. The van der Waals surface area contributed by atoms with Crippen molar-refractivity contribution in [3.63, 3.8) is 0 Å². The van der Waals surface area contributed by atoms with E-state index in [1.165, 1.54) is 6.07 Å². The Hall–Kier alpha value is -1.62. The van der Waals surface area contributed by atoms with Crippen LogP contribution in [-0.4, -0.2) is 42.7 Å². The summed E-state index contributed by atoms with van der Waals surface area (Å²) in [6.45, 7) is 6.46. The Morgan fingerprint density at radius 3 is 2.74 bits per heavy atom. The summed E-state index contributed by atoms with van der Waals surface area (Å²) in [6.07, 6.45) is 2.94. The van der Waals surface area contributed by atoms with Crippen LogP contribution in [-0.2, 0) is 6.54 Å². The lowest BCUT2D eigenvalue weighted by molar-refractivity contribution is 0.253. The van der Waals surface area contributed by atoms with Gasteiger partial charge in [-0.3, -0.25) is 4.99 Å². The van der Waals surface area contributed by atoms with Gasteiger partial charge < -0.3 is 15.3 Å². The first kappa shape index (κ1) is 19.4. The highest BCUT2D eigenvalue weighted by Crippen LogP contribution is 2.12. The minimum absolute atomic E-state index is 0.204. The van der Waals surface area contributed by atoms with Gasteiger partial charge in [-0.05, 0) is 43.4 Å². The normalized spacial score (nSPS) is 13.0. The highest BCUT2D eigenvalue weighted by Gasteiger charge is 2.10. The summed E-state index contributed by atoms with van der Waals surface area (Å²) in [5, 5.41) is 12.4. The number of hydrogen-bond donors (Lipinski definition) is 2. The van der Waals surface area contributed by atoms with Crippen LogP contribution in [0.25, 0.3) is 0 Å². The molecule has 0 heterocycles. The molecule has 4 nitrogen and oxygen atoms in total. The highest BCUT2D eigenvalue weighted by molar-refractivity contribution is 5.79. The predicted molar refractivity (Wildman–Crippen MR) is 93.9 cm³/mol. The van der Waals surface area contributed by atoms with Gasteiger partial charge in [0.15, 0.2) is 5.96 Å². The molecule has 1 aromatic carbocycles. The van der Waals surface area contributed by atoms with E-state index in [2.05, 4.69) is 12.2 Å². The lowest BCUT2D eigenvalue weighted by Crippen LogP contribution is -2.38. The second-order valence-electron chi connectivity index (χ2n) is 5.85. The topological polar surface area (TPSA) is 47.9 Å². The average molecular weight is 323 g/mol. The molecule has 5 heteroatoms. The van der Waals surface area contributed by atoms with Crippen LogP contribution in [0.4, 0.5) is 4.39 Å². The van der Waals surface area contributed by atoms with Gasteiger partial charge in [0.2, 0.25) is 0 Å². The third kappa shape index (κ3) is 7.46. The van der Waals surface area contributed by atoms with Crippen LogP contribution in [0, 0.1) is 11.7 Å². The fraction of sp³-hybridized carbons (Fsp3) is 0.611. The first-order valence-electron chi connectivity index (χ1n) is 8.45. The molecule has 1 rings (SSSR count). The van der Waals surface area contributed by atoms with E-state index in [0.717, 1.165) is 37.3 Å². The average Bonchev–Trinajstić information content (AvgIpc) is 2.51. The van der Waals surface area contributed by atoms with Crippen molar-refractivity contribution in [3.8, 4) is 0 Å². The molecule has 0 aliphatic rings. The van der Waals surface area contributed by atoms with Crippen LogP contribution in [0.2, 0.25) is 0 Å². The van der Waals surface area contributed by atoms with Gasteiger partial charge in [0.1, 0.15) is 5.82 Å². The first-order chi connectivity index (χ1) is 11.1. The Morgan fingerprint density at radius 1 is 1.35 bits per heavy atom. The molecule has 0 amide bonds. The smallest absolute Gasteiger partial charge is 0.193 e. The zero-order valence-corrected chi connectivity index (χ0v) is 14.6. The number of hydrogen-bond acceptors (Lipinski definition) is 2. The molecular formula is C18H30FN3O. The van der Waals surface area contributed by atoms with Gasteiger partial charge >= 0.3 is 0 Å². The van der Waals surface area contributed by atoms with Crippen molar-refractivity contribution in [1.29, 1.82) is 0 Å². The van der Waals surface area contributed by atoms with Crippen LogP contribution in [0.3, 0.4) is 0 Å². The molecule has 0 radical (unpaired) electrons. The number of nitrogens with one attached hydrogen (secondary N) is 1. The predicted octanol–water partition coefficient (Wildman–Crippen LogP) is 3.02. The van der Waals surface area contributed by atoms with E-state index >= 15 is 0 Å². The number of halogens is 1. The SMILES string of the molecule is CCCC(CCO)CN=C(NCC)N(C)Cc1cccc(F)c1. The van der Waals surface area contributed by atoms with Gasteiger partial charge in [0.05, 0.1) is 0 Å². The van der Waals surface area contributed by atoms with Crippen molar-refractivity contribution in [1.82, 2.24) is 10.2 Å². The summed E-state index contributed by atoms with van der Waals surface area (Å²) in [4.78, 5) is 6.70. The Labute approximate surface area is 139 Å². The maximum atomic E-state index is 13.3. The van der Waals surface area contributed by atoms with Crippen molar-refractivity contribution >= 4 is 5.96 Å². The van der Waals surface area contributed by atoms with Gasteiger partial charge in [0, 0.05) is 33.3 Å². The molecule has 0 aliphatic carbocycles. The minimum atomic E-state index is -0.219.